The first-order valence-corrected chi connectivity index (χ1v) is 6.14. The third-order valence-electron chi connectivity index (χ3n) is 2.98. The number of benzene rings is 2. The van der Waals surface area contributed by atoms with Crippen molar-refractivity contribution in [1.29, 1.82) is 0 Å². The molecule has 0 spiro atoms. The molecule has 0 unspecified atom stereocenters. The first kappa shape index (κ1) is 19.6. The van der Waals surface area contributed by atoms with Crippen LogP contribution >= 0.6 is 0 Å². The number of hydrogen-bond acceptors (Lipinski definition) is 1. The molecule has 2 aromatic rings. The van der Waals surface area contributed by atoms with Crippen LogP contribution in [0.3, 0.4) is 0 Å². The van der Waals surface area contributed by atoms with Crippen molar-refractivity contribution in [3.63, 3.8) is 0 Å². The van der Waals surface area contributed by atoms with Gasteiger partial charge in [-0.3, -0.25) is 0 Å². The minimum atomic E-state index is -5.06. The van der Waals surface area contributed by atoms with Gasteiger partial charge in [-0.05, 0) is 36.8 Å². The minimum absolute atomic E-state index is 0. The standard InChI is InChI=1S/C14H11BF5O.K/c1-9-6-11(3-4-12(9)15(18,19)20)21-8-10-2-5-13(16)14(17)7-10;/h2-7H,8H2,1H3;/q-1;+1. The molecule has 0 N–H and O–H groups in total. The first-order valence-electron chi connectivity index (χ1n) is 6.14. The zero-order valence-corrected chi connectivity index (χ0v) is 15.2. The maximum atomic E-state index is 13.0. The predicted octanol–water partition coefficient (Wildman–Crippen LogP) is 0.911. The van der Waals surface area contributed by atoms with Crippen molar-refractivity contribution in [2.24, 2.45) is 0 Å². The van der Waals surface area contributed by atoms with Gasteiger partial charge in [0.25, 0.3) is 0 Å². The van der Waals surface area contributed by atoms with Crippen LogP contribution in [0.1, 0.15) is 11.1 Å². The SMILES string of the molecule is Cc1cc(OCc2ccc(F)c(F)c2)ccc1[B-](F)(F)F.[K+]. The molecule has 112 valence electrons. The second-order valence-electron chi connectivity index (χ2n) is 4.63. The summed E-state index contributed by atoms with van der Waals surface area (Å²) in [6.07, 6.45) is 0. The van der Waals surface area contributed by atoms with Crippen LogP contribution in [0, 0.1) is 18.6 Å². The molecule has 0 aromatic heterocycles. The molecule has 0 aliphatic heterocycles. The van der Waals surface area contributed by atoms with E-state index >= 15 is 0 Å². The van der Waals surface area contributed by atoms with Crippen LogP contribution in [-0.4, -0.2) is 6.98 Å². The minimum Gasteiger partial charge on any atom is -0.489 e. The largest absolute Gasteiger partial charge is 1.00 e. The third kappa shape index (κ3) is 5.06. The van der Waals surface area contributed by atoms with Gasteiger partial charge in [0.1, 0.15) is 12.4 Å². The molecule has 0 aliphatic rings. The zero-order chi connectivity index (χ0) is 15.6. The molecule has 0 atom stereocenters. The summed E-state index contributed by atoms with van der Waals surface area (Å²) in [5.41, 5.74) is -0.226. The van der Waals surface area contributed by atoms with E-state index in [-0.39, 0.29) is 69.3 Å². The van der Waals surface area contributed by atoms with Crippen molar-refractivity contribution in [2.45, 2.75) is 13.5 Å². The fourth-order valence-electron chi connectivity index (χ4n) is 1.90. The molecule has 0 saturated carbocycles. The second kappa shape index (κ2) is 7.92. The molecule has 0 heterocycles. The monoisotopic (exact) mass is 340 g/mol. The van der Waals surface area contributed by atoms with Crippen LogP contribution in [0.2, 0.25) is 0 Å². The fourth-order valence-corrected chi connectivity index (χ4v) is 1.90. The van der Waals surface area contributed by atoms with Crippen molar-refractivity contribution < 1.29 is 77.8 Å². The van der Waals surface area contributed by atoms with Crippen LogP contribution in [0.4, 0.5) is 21.7 Å². The van der Waals surface area contributed by atoms with E-state index in [0.29, 0.717) is 5.56 Å². The molecule has 2 aromatic carbocycles. The molecule has 0 aliphatic carbocycles. The Labute approximate surface area is 167 Å². The molecule has 0 amide bonds. The molecule has 2 rings (SSSR count). The Kier molecular flexibility index (Phi) is 7.07. The van der Waals surface area contributed by atoms with E-state index in [1.54, 1.807) is 0 Å². The van der Waals surface area contributed by atoms with E-state index < -0.39 is 24.1 Å². The maximum Gasteiger partial charge on any atom is 1.00 e. The van der Waals surface area contributed by atoms with Gasteiger partial charge in [0.05, 0.1) is 0 Å². The zero-order valence-electron chi connectivity index (χ0n) is 12.0. The predicted molar refractivity (Wildman–Crippen MR) is 70.6 cm³/mol. The quantitative estimate of drug-likeness (QED) is 0.594. The van der Waals surface area contributed by atoms with Crippen molar-refractivity contribution in [1.82, 2.24) is 0 Å². The van der Waals surface area contributed by atoms with E-state index in [0.717, 1.165) is 18.2 Å². The van der Waals surface area contributed by atoms with Gasteiger partial charge in [-0.2, -0.15) is 0 Å². The van der Waals surface area contributed by atoms with Crippen molar-refractivity contribution in [3.8, 4) is 5.75 Å². The van der Waals surface area contributed by atoms with Gasteiger partial charge >= 0.3 is 58.4 Å². The molecule has 0 saturated heterocycles. The Morgan fingerprint density at radius 2 is 1.64 bits per heavy atom. The van der Waals surface area contributed by atoms with E-state index in [4.69, 9.17) is 4.74 Å². The van der Waals surface area contributed by atoms with Gasteiger partial charge in [-0.15, -0.1) is 5.46 Å². The number of rotatable bonds is 4. The Hall–Kier alpha value is -0.409. The Bertz CT molecular complexity index is 660. The third-order valence-corrected chi connectivity index (χ3v) is 2.98. The maximum absolute atomic E-state index is 13.0. The average molecular weight is 340 g/mol. The van der Waals surface area contributed by atoms with E-state index in [1.165, 1.54) is 25.1 Å². The van der Waals surface area contributed by atoms with E-state index in [2.05, 4.69) is 0 Å². The summed E-state index contributed by atoms with van der Waals surface area (Å²) in [6.45, 7) is -3.78. The molecule has 22 heavy (non-hydrogen) atoms. The van der Waals surface area contributed by atoms with Crippen molar-refractivity contribution in [3.05, 3.63) is 59.2 Å². The Balaban J connectivity index is 0.00000242. The summed E-state index contributed by atoms with van der Waals surface area (Å²) in [4.78, 5) is 0. The fraction of sp³-hybridized carbons (Fsp3) is 0.143. The summed E-state index contributed by atoms with van der Waals surface area (Å²) < 4.78 is 69.0. The molecule has 8 heteroatoms. The van der Waals surface area contributed by atoms with E-state index in [9.17, 15) is 21.7 Å². The van der Waals surface area contributed by atoms with Gasteiger partial charge in [-0.25, -0.2) is 8.78 Å². The summed E-state index contributed by atoms with van der Waals surface area (Å²) in [5, 5.41) is 0. The topological polar surface area (TPSA) is 9.23 Å². The summed E-state index contributed by atoms with van der Waals surface area (Å²) in [5.74, 6) is -1.73. The van der Waals surface area contributed by atoms with E-state index in [1.807, 2.05) is 0 Å². The Morgan fingerprint density at radius 1 is 0.955 bits per heavy atom. The number of halogens is 5. The van der Waals surface area contributed by atoms with Crippen molar-refractivity contribution >= 4 is 12.4 Å². The molecule has 0 bridgehead atoms. The van der Waals surface area contributed by atoms with Crippen LogP contribution in [0.15, 0.2) is 36.4 Å². The summed E-state index contributed by atoms with van der Waals surface area (Å²) in [7, 11) is 0. The summed E-state index contributed by atoms with van der Waals surface area (Å²) in [6, 6.07) is 6.72. The van der Waals surface area contributed by atoms with Gasteiger partial charge < -0.3 is 17.7 Å². The van der Waals surface area contributed by atoms with Gasteiger partial charge in [-0.1, -0.05) is 17.7 Å². The molecule has 1 nitrogen and oxygen atoms in total. The van der Waals surface area contributed by atoms with Crippen molar-refractivity contribution in [2.75, 3.05) is 0 Å². The number of aryl methyl sites for hydroxylation is 1. The molecular weight excluding hydrogens is 329 g/mol. The normalized spacial score (nSPS) is 11.0. The van der Waals surface area contributed by atoms with Gasteiger partial charge in [0.15, 0.2) is 11.6 Å². The van der Waals surface area contributed by atoms with Gasteiger partial charge in [0, 0.05) is 0 Å². The number of hydrogen-bond donors (Lipinski definition) is 0. The van der Waals surface area contributed by atoms with Crippen LogP contribution in [0.5, 0.6) is 5.75 Å². The smallest absolute Gasteiger partial charge is 0.489 e. The Morgan fingerprint density at radius 3 is 2.18 bits per heavy atom. The number of ether oxygens (including phenoxy) is 1. The first-order chi connectivity index (χ1) is 9.77. The van der Waals surface area contributed by atoms with Crippen LogP contribution in [-0.2, 0) is 6.61 Å². The summed E-state index contributed by atoms with van der Waals surface area (Å²) >= 11 is 0. The van der Waals surface area contributed by atoms with Crippen LogP contribution in [0.25, 0.3) is 0 Å². The second-order valence-corrected chi connectivity index (χ2v) is 4.63. The van der Waals surface area contributed by atoms with Gasteiger partial charge in [0.2, 0.25) is 0 Å². The molecule has 0 radical (unpaired) electrons. The molecule has 0 fully saturated rings. The van der Waals surface area contributed by atoms with Crippen LogP contribution < -0.4 is 61.6 Å². The molecular formula is C14H11BF5KO. The average Bonchev–Trinajstić information content (AvgIpc) is 2.39.